The molecule has 1 aliphatic heterocycles. The molecule has 3 amide bonds. The van der Waals surface area contributed by atoms with Gasteiger partial charge in [-0.25, -0.2) is 4.79 Å². The molecule has 1 aromatic carbocycles. The first-order valence-electron chi connectivity index (χ1n) is 12.7. The maximum atomic E-state index is 13.1. The number of nitrogens with zero attached hydrogens (tertiary/aromatic N) is 4. The zero-order valence-electron chi connectivity index (χ0n) is 22.5. The van der Waals surface area contributed by atoms with Crippen molar-refractivity contribution < 1.29 is 33.0 Å². The van der Waals surface area contributed by atoms with E-state index >= 15 is 0 Å². The first-order chi connectivity index (χ1) is 18.8. The van der Waals surface area contributed by atoms with Gasteiger partial charge in [0.15, 0.2) is 5.76 Å². The molecule has 208 valence electrons. The lowest BCUT2D eigenvalue weighted by Gasteiger charge is -2.35. The summed E-state index contributed by atoms with van der Waals surface area (Å²) in [6.45, 7) is 7.37. The Kier molecular flexibility index (Phi) is 8.74. The molecule has 3 heterocycles. The molecular weight excluding hydrogens is 506 g/mol. The number of carbonyl (C=O) groups excluding carboxylic acids is 3. The number of carbonyl (C=O) groups is 3. The number of amides is 3. The number of aromatic nitrogens is 2. The van der Waals surface area contributed by atoms with Gasteiger partial charge in [-0.1, -0.05) is 0 Å². The third kappa shape index (κ3) is 6.70. The van der Waals surface area contributed by atoms with Crippen LogP contribution in [0, 0.1) is 6.92 Å². The van der Waals surface area contributed by atoms with Crippen molar-refractivity contribution in [1.29, 1.82) is 0 Å². The minimum Gasteiger partial charge on any atom is -0.497 e. The highest BCUT2D eigenvalue weighted by atomic mass is 16.6. The lowest BCUT2D eigenvalue weighted by Crippen LogP contribution is -2.52. The number of hydrogen-bond donors (Lipinski definition) is 1. The van der Waals surface area contributed by atoms with Crippen LogP contribution < -0.4 is 14.8 Å². The maximum absolute atomic E-state index is 13.1. The van der Waals surface area contributed by atoms with E-state index in [0.29, 0.717) is 55.7 Å². The van der Waals surface area contributed by atoms with Crippen molar-refractivity contribution in [3.63, 3.8) is 0 Å². The Morgan fingerprint density at radius 1 is 1.03 bits per heavy atom. The van der Waals surface area contributed by atoms with Crippen LogP contribution in [0.1, 0.15) is 41.9 Å². The SMILES string of the molecule is CCOC(=O)N1CCN(C(=O)C(C)n2cc(NC(=O)c3ccc(COc4ccc(OC)cc4)o3)c(C)n2)CC1. The van der Waals surface area contributed by atoms with E-state index in [0.717, 1.165) is 5.75 Å². The molecule has 2 aromatic heterocycles. The van der Waals surface area contributed by atoms with E-state index in [9.17, 15) is 14.4 Å². The molecule has 1 saturated heterocycles. The Hall–Kier alpha value is -4.48. The zero-order chi connectivity index (χ0) is 27.9. The molecule has 0 spiro atoms. The van der Waals surface area contributed by atoms with Gasteiger partial charge >= 0.3 is 6.09 Å². The number of methoxy groups -OCH3 is 1. The van der Waals surface area contributed by atoms with Gasteiger partial charge in [-0.15, -0.1) is 0 Å². The number of piperazine rings is 1. The van der Waals surface area contributed by atoms with Crippen LogP contribution >= 0.6 is 0 Å². The molecule has 0 aliphatic carbocycles. The van der Waals surface area contributed by atoms with Gasteiger partial charge in [-0.3, -0.25) is 14.3 Å². The highest BCUT2D eigenvalue weighted by Gasteiger charge is 2.29. The third-order valence-electron chi connectivity index (χ3n) is 6.36. The van der Waals surface area contributed by atoms with Gasteiger partial charge in [0.1, 0.15) is 29.9 Å². The van der Waals surface area contributed by atoms with Crippen LogP contribution in [0.25, 0.3) is 0 Å². The number of furan rings is 1. The van der Waals surface area contributed by atoms with Crippen LogP contribution in [-0.2, 0) is 16.1 Å². The van der Waals surface area contributed by atoms with Gasteiger partial charge in [-0.05, 0) is 57.2 Å². The van der Waals surface area contributed by atoms with Gasteiger partial charge in [0.25, 0.3) is 5.91 Å². The number of anilines is 1. The van der Waals surface area contributed by atoms with Crippen molar-refractivity contribution >= 4 is 23.6 Å². The van der Waals surface area contributed by atoms with Crippen molar-refractivity contribution in [2.45, 2.75) is 33.4 Å². The largest absolute Gasteiger partial charge is 0.497 e. The summed E-state index contributed by atoms with van der Waals surface area (Å²) in [5.74, 6) is 1.43. The average Bonchev–Trinajstić information content (AvgIpc) is 3.58. The monoisotopic (exact) mass is 539 g/mol. The Labute approximate surface area is 226 Å². The van der Waals surface area contributed by atoms with E-state index in [-0.39, 0.29) is 24.4 Å². The van der Waals surface area contributed by atoms with E-state index in [1.54, 1.807) is 80.3 Å². The van der Waals surface area contributed by atoms with Crippen LogP contribution in [0.2, 0.25) is 0 Å². The molecule has 4 rings (SSSR count). The molecule has 1 aliphatic rings. The number of nitrogens with one attached hydrogen (secondary N) is 1. The van der Waals surface area contributed by atoms with Crippen LogP contribution in [-0.4, -0.2) is 77.4 Å². The predicted molar refractivity (Wildman–Crippen MR) is 141 cm³/mol. The minimum absolute atomic E-state index is 0.119. The van der Waals surface area contributed by atoms with E-state index in [2.05, 4.69) is 10.4 Å². The number of benzene rings is 1. The van der Waals surface area contributed by atoms with E-state index in [1.807, 2.05) is 0 Å². The fourth-order valence-electron chi connectivity index (χ4n) is 4.09. The summed E-state index contributed by atoms with van der Waals surface area (Å²) >= 11 is 0. The summed E-state index contributed by atoms with van der Waals surface area (Å²) in [6, 6.07) is 9.81. The van der Waals surface area contributed by atoms with Crippen molar-refractivity contribution in [3.8, 4) is 11.5 Å². The van der Waals surface area contributed by atoms with Crippen LogP contribution in [0.4, 0.5) is 10.5 Å². The molecule has 0 bridgehead atoms. The standard InChI is InChI=1S/C27H33N5O7/c1-5-37-27(35)31-14-12-30(13-15-31)26(34)19(3)32-16-23(18(2)29-32)28-25(33)24-11-10-22(39-24)17-38-21-8-6-20(36-4)7-9-21/h6-11,16,19H,5,12-15,17H2,1-4H3,(H,28,33). The van der Waals surface area contributed by atoms with Crippen molar-refractivity contribution in [2.75, 3.05) is 45.2 Å². The van der Waals surface area contributed by atoms with Gasteiger partial charge < -0.3 is 33.7 Å². The Morgan fingerprint density at radius 3 is 2.36 bits per heavy atom. The molecule has 0 saturated carbocycles. The molecule has 12 nitrogen and oxygen atoms in total. The molecule has 12 heteroatoms. The Balaban J connectivity index is 1.31. The molecule has 1 N–H and O–H groups in total. The summed E-state index contributed by atoms with van der Waals surface area (Å²) in [5.41, 5.74) is 1.03. The second-order valence-electron chi connectivity index (χ2n) is 8.98. The fraction of sp³-hybridized carbons (Fsp3) is 0.407. The summed E-state index contributed by atoms with van der Waals surface area (Å²) in [5, 5.41) is 7.23. The second kappa shape index (κ2) is 12.4. The molecule has 3 aromatic rings. The van der Waals surface area contributed by atoms with E-state index in [1.165, 1.54) is 4.68 Å². The minimum atomic E-state index is -0.589. The topological polar surface area (TPSA) is 128 Å². The number of aryl methyl sites for hydroxylation is 1. The zero-order valence-corrected chi connectivity index (χ0v) is 22.5. The van der Waals surface area contributed by atoms with E-state index < -0.39 is 11.9 Å². The number of hydrogen-bond acceptors (Lipinski definition) is 8. The first-order valence-corrected chi connectivity index (χ1v) is 12.7. The Bertz CT molecular complexity index is 1290. The number of ether oxygens (including phenoxy) is 3. The predicted octanol–water partition coefficient (Wildman–Crippen LogP) is 3.49. The van der Waals surface area contributed by atoms with Crippen molar-refractivity contribution in [2.24, 2.45) is 0 Å². The van der Waals surface area contributed by atoms with Crippen molar-refractivity contribution in [1.82, 2.24) is 19.6 Å². The average molecular weight is 540 g/mol. The maximum Gasteiger partial charge on any atom is 0.409 e. The van der Waals surface area contributed by atoms with Crippen LogP contribution in [0.15, 0.2) is 47.0 Å². The van der Waals surface area contributed by atoms with E-state index in [4.69, 9.17) is 18.6 Å². The second-order valence-corrected chi connectivity index (χ2v) is 8.98. The molecule has 0 radical (unpaired) electrons. The highest BCUT2D eigenvalue weighted by Crippen LogP contribution is 2.21. The quantitative estimate of drug-likeness (QED) is 0.438. The van der Waals surface area contributed by atoms with Gasteiger partial charge in [-0.2, -0.15) is 5.10 Å². The molecule has 1 atom stereocenters. The van der Waals surface area contributed by atoms with Crippen LogP contribution in [0.3, 0.4) is 0 Å². The fourth-order valence-corrected chi connectivity index (χ4v) is 4.09. The first kappa shape index (κ1) is 27.6. The summed E-state index contributed by atoms with van der Waals surface area (Å²) in [6.07, 6.45) is 1.26. The molecule has 1 fully saturated rings. The highest BCUT2D eigenvalue weighted by molar-refractivity contribution is 6.02. The Morgan fingerprint density at radius 2 is 1.69 bits per heavy atom. The lowest BCUT2D eigenvalue weighted by molar-refractivity contribution is -0.136. The molecule has 39 heavy (non-hydrogen) atoms. The summed E-state index contributed by atoms with van der Waals surface area (Å²) in [4.78, 5) is 41.1. The summed E-state index contributed by atoms with van der Waals surface area (Å²) < 4.78 is 23.0. The van der Waals surface area contributed by atoms with Crippen molar-refractivity contribution in [3.05, 3.63) is 59.8 Å². The molecule has 1 unspecified atom stereocenters. The van der Waals surface area contributed by atoms with Gasteiger partial charge in [0.05, 0.1) is 25.1 Å². The lowest BCUT2D eigenvalue weighted by atomic mass is 10.2. The third-order valence-corrected chi connectivity index (χ3v) is 6.36. The van der Waals surface area contributed by atoms with Gasteiger partial charge in [0, 0.05) is 32.4 Å². The smallest absolute Gasteiger partial charge is 0.409 e. The number of rotatable bonds is 9. The summed E-state index contributed by atoms with van der Waals surface area (Å²) in [7, 11) is 1.59. The normalized spacial score (nSPS) is 14.1. The van der Waals surface area contributed by atoms with Crippen LogP contribution in [0.5, 0.6) is 11.5 Å². The molecular formula is C27H33N5O7. The van der Waals surface area contributed by atoms with Gasteiger partial charge in [0.2, 0.25) is 5.91 Å².